The fraction of sp³-hybridized carbons (Fsp3) is 0.333. The first kappa shape index (κ1) is 13.0. The first-order valence-corrected chi connectivity index (χ1v) is 5.43. The van der Waals surface area contributed by atoms with E-state index in [1.165, 1.54) is 12.3 Å². The van der Waals surface area contributed by atoms with Crippen molar-refractivity contribution in [2.75, 3.05) is 6.54 Å². The molecule has 1 heterocycles. The van der Waals surface area contributed by atoms with Gasteiger partial charge in [-0.25, -0.2) is 0 Å². The van der Waals surface area contributed by atoms with E-state index in [1.807, 2.05) is 6.92 Å². The van der Waals surface area contributed by atoms with Crippen molar-refractivity contribution < 1.29 is 14.0 Å². The van der Waals surface area contributed by atoms with Crippen LogP contribution in [0.5, 0.6) is 0 Å². The van der Waals surface area contributed by atoms with Crippen LogP contribution in [0.2, 0.25) is 0 Å². The van der Waals surface area contributed by atoms with Crippen LogP contribution in [0.25, 0.3) is 6.08 Å². The average molecular weight is 236 g/mol. The first-order chi connectivity index (χ1) is 8.13. The number of nitrogens with one attached hydrogen (secondary N) is 2. The highest BCUT2D eigenvalue weighted by atomic mass is 16.3. The lowest BCUT2D eigenvalue weighted by Crippen LogP contribution is -2.44. The van der Waals surface area contributed by atoms with E-state index in [-0.39, 0.29) is 11.8 Å². The van der Waals surface area contributed by atoms with E-state index < -0.39 is 6.04 Å². The number of carbonyl (C=O) groups excluding carboxylic acids is 2. The van der Waals surface area contributed by atoms with Gasteiger partial charge in [0.1, 0.15) is 11.8 Å². The Morgan fingerprint density at radius 1 is 1.53 bits per heavy atom. The summed E-state index contributed by atoms with van der Waals surface area (Å²) in [6, 6.07) is 2.91. The molecule has 0 bridgehead atoms. The number of likely N-dealkylation sites (N-methyl/N-ethyl adjacent to an activating group) is 1. The number of carbonyl (C=O) groups is 2. The molecule has 2 N–H and O–H groups in total. The maximum Gasteiger partial charge on any atom is 0.244 e. The molecule has 1 rings (SSSR count). The molecule has 1 unspecified atom stereocenters. The van der Waals surface area contributed by atoms with Crippen LogP contribution >= 0.6 is 0 Å². The van der Waals surface area contributed by atoms with Crippen molar-refractivity contribution in [2.24, 2.45) is 0 Å². The summed E-state index contributed by atoms with van der Waals surface area (Å²) in [5, 5.41) is 5.17. The normalized spacial score (nSPS) is 12.4. The van der Waals surface area contributed by atoms with E-state index in [1.54, 1.807) is 25.1 Å². The van der Waals surface area contributed by atoms with E-state index >= 15 is 0 Å². The molecular formula is C12H16N2O3. The summed E-state index contributed by atoms with van der Waals surface area (Å²) in [7, 11) is 0. The quantitative estimate of drug-likeness (QED) is 0.747. The van der Waals surface area contributed by atoms with Crippen molar-refractivity contribution in [3.63, 3.8) is 0 Å². The predicted molar refractivity (Wildman–Crippen MR) is 64.0 cm³/mol. The lowest BCUT2D eigenvalue weighted by molar-refractivity contribution is -0.126. The second-order valence-electron chi connectivity index (χ2n) is 3.47. The fourth-order valence-electron chi connectivity index (χ4n) is 1.20. The van der Waals surface area contributed by atoms with Gasteiger partial charge in [-0.2, -0.15) is 0 Å². The van der Waals surface area contributed by atoms with E-state index in [0.29, 0.717) is 12.3 Å². The predicted octanol–water partition coefficient (Wildman–Crippen LogP) is 0.934. The van der Waals surface area contributed by atoms with E-state index in [2.05, 4.69) is 10.6 Å². The zero-order valence-electron chi connectivity index (χ0n) is 9.90. The maximum absolute atomic E-state index is 11.4. The molecule has 2 amide bonds. The smallest absolute Gasteiger partial charge is 0.244 e. The molecule has 0 aromatic carbocycles. The molecule has 1 atom stereocenters. The van der Waals surface area contributed by atoms with Crippen LogP contribution in [-0.2, 0) is 9.59 Å². The minimum Gasteiger partial charge on any atom is -0.465 e. The van der Waals surface area contributed by atoms with Gasteiger partial charge >= 0.3 is 0 Å². The highest BCUT2D eigenvalue weighted by Gasteiger charge is 2.12. The molecule has 0 saturated carbocycles. The zero-order chi connectivity index (χ0) is 12.7. The summed E-state index contributed by atoms with van der Waals surface area (Å²) < 4.78 is 5.03. The Bertz CT molecular complexity index is 396. The highest BCUT2D eigenvalue weighted by molar-refractivity contribution is 5.95. The number of furan rings is 1. The maximum atomic E-state index is 11.4. The Labute approximate surface area is 99.9 Å². The molecule has 0 aliphatic rings. The van der Waals surface area contributed by atoms with Gasteiger partial charge in [-0.1, -0.05) is 0 Å². The van der Waals surface area contributed by atoms with Gasteiger partial charge in [0.15, 0.2) is 0 Å². The van der Waals surface area contributed by atoms with E-state index in [0.717, 1.165) is 0 Å². The topological polar surface area (TPSA) is 71.3 Å². The van der Waals surface area contributed by atoms with Gasteiger partial charge in [-0.05, 0) is 32.1 Å². The SMILES string of the molecule is CCNC(=O)C(C)NC(=O)C=Cc1ccco1. The van der Waals surface area contributed by atoms with Crippen LogP contribution < -0.4 is 10.6 Å². The molecule has 0 aliphatic carbocycles. The van der Waals surface area contributed by atoms with Crippen molar-refractivity contribution in [1.82, 2.24) is 10.6 Å². The minimum atomic E-state index is -0.552. The lowest BCUT2D eigenvalue weighted by Gasteiger charge is -2.11. The summed E-state index contributed by atoms with van der Waals surface area (Å²) in [4.78, 5) is 22.8. The molecule has 17 heavy (non-hydrogen) atoms. The van der Waals surface area contributed by atoms with Crippen LogP contribution in [-0.4, -0.2) is 24.4 Å². The van der Waals surface area contributed by atoms with Crippen LogP contribution in [0.4, 0.5) is 0 Å². The van der Waals surface area contributed by atoms with Gasteiger partial charge in [0.05, 0.1) is 6.26 Å². The van der Waals surface area contributed by atoms with Crippen molar-refractivity contribution >= 4 is 17.9 Å². The second kappa shape index (κ2) is 6.52. The second-order valence-corrected chi connectivity index (χ2v) is 3.47. The molecule has 5 heteroatoms. The van der Waals surface area contributed by atoms with Crippen molar-refractivity contribution in [3.8, 4) is 0 Å². The van der Waals surface area contributed by atoms with Crippen molar-refractivity contribution in [1.29, 1.82) is 0 Å². The summed E-state index contributed by atoms with van der Waals surface area (Å²) >= 11 is 0. The van der Waals surface area contributed by atoms with Crippen molar-refractivity contribution in [2.45, 2.75) is 19.9 Å². The molecule has 0 saturated heterocycles. The Morgan fingerprint density at radius 2 is 2.29 bits per heavy atom. The third kappa shape index (κ3) is 4.55. The van der Waals surface area contributed by atoms with Gasteiger partial charge < -0.3 is 15.1 Å². The number of rotatable bonds is 5. The average Bonchev–Trinajstić information content (AvgIpc) is 2.79. The lowest BCUT2D eigenvalue weighted by atomic mass is 10.3. The van der Waals surface area contributed by atoms with Crippen LogP contribution in [0.15, 0.2) is 28.9 Å². The van der Waals surface area contributed by atoms with Crippen molar-refractivity contribution in [3.05, 3.63) is 30.2 Å². The number of amides is 2. The third-order valence-corrected chi connectivity index (χ3v) is 2.05. The van der Waals surface area contributed by atoms with Gasteiger partial charge in [-0.3, -0.25) is 9.59 Å². The van der Waals surface area contributed by atoms with Crippen LogP contribution in [0.3, 0.4) is 0 Å². The summed E-state index contributed by atoms with van der Waals surface area (Å²) in [6.07, 6.45) is 4.39. The molecule has 0 spiro atoms. The molecular weight excluding hydrogens is 220 g/mol. The summed E-state index contributed by atoms with van der Waals surface area (Å²) in [6.45, 7) is 3.99. The molecule has 92 valence electrons. The van der Waals surface area contributed by atoms with E-state index in [4.69, 9.17) is 4.42 Å². The zero-order valence-corrected chi connectivity index (χ0v) is 9.90. The molecule has 5 nitrogen and oxygen atoms in total. The summed E-state index contributed by atoms with van der Waals surface area (Å²) in [5.74, 6) is 0.0539. The Kier molecular flexibility index (Phi) is 5.00. The standard InChI is InChI=1S/C12H16N2O3/c1-3-13-12(16)9(2)14-11(15)7-6-10-5-4-8-17-10/h4-9H,3H2,1-2H3,(H,13,16)(H,14,15). The molecule has 1 aromatic heterocycles. The fourth-order valence-corrected chi connectivity index (χ4v) is 1.20. The Morgan fingerprint density at radius 3 is 2.88 bits per heavy atom. The van der Waals surface area contributed by atoms with E-state index in [9.17, 15) is 9.59 Å². The first-order valence-electron chi connectivity index (χ1n) is 5.43. The summed E-state index contributed by atoms with van der Waals surface area (Å²) in [5.41, 5.74) is 0. The van der Waals surface area contributed by atoms with Gasteiger partial charge in [0.25, 0.3) is 0 Å². The monoisotopic (exact) mass is 236 g/mol. The Balaban J connectivity index is 2.41. The largest absolute Gasteiger partial charge is 0.465 e. The number of hydrogen-bond acceptors (Lipinski definition) is 3. The Hall–Kier alpha value is -2.04. The molecule has 0 radical (unpaired) electrons. The minimum absolute atomic E-state index is 0.202. The number of hydrogen-bond donors (Lipinski definition) is 2. The van der Waals surface area contributed by atoms with Gasteiger partial charge in [0, 0.05) is 12.6 Å². The van der Waals surface area contributed by atoms with Crippen LogP contribution in [0, 0.1) is 0 Å². The molecule has 1 aromatic rings. The molecule has 0 fully saturated rings. The van der Waals surface area contributed by atoms with Gasteiger partial charge in [-0.15, -0.1) is 0 Å². The highest BCUT2D eigenvalue weighted by Crippen LogP contribution is 2.01. The van der Waals surface area contributed by atoms with Gasteiger partial charge in [0.2, 0.25) is 11.8 Å². The molecule has 0 aliphatic heterocycles. The van der Waals surface area contributed by atoms with Crippen LogP contribution in [0.1, 0.15) is 19.6 Å². The third-order valence-electron chi connectivity index (χ3n) is 2.05.